The van der Waals surface area contributed by atoms with Crippen molar-refractivity contribution in [2.24, 2.45) is 0 Å². The molecule has 0 spiro atoms. The second-order valence-corrected chi connectivity index (χ2v) is 11.6. The average Bonchev–Trinajstić information content (AvgIpc) is 3.50. The summed E-state index contributed by atoms with van der Waals surface area (Å²) in [4.78, 5) is 0. The summed E-state index contributed by atoms with van der Waals surface area (Å²) in [5.74, 6) is 0. The van der Waals surface area contributed by atoms with E-state index >= 15 is 0 Å². The van der Waals surface area contributed by atoms with Crippen molar-refractivity contribution in [1.29, 1.82) is 0 Å². The maximum absolute atomic E-state index is 5.07. The van der Waals surface area contributed by atoms with Crippen molar-refractivity contribution in [1.82, 2.24) is 0 Å². The predicted octanol–water partition coefficient (Wildman–Crippen LogP) is 11.8. The van der Waals surface area contributed by atoms with Gasteiger partial charge >= 0.3 is 26.2 Å². The Bertz CT molecular complexity index is 1600. The number of fused-ring (bicyclic) bond motifs is 2. The normalized spacial score (nSPS) is 10.6. The molecule has 2 radical (unpaired) electrons. The third kappa shape index (κ3) is 12.9. The zero-order valence-electron chi connectivity index (χ0n) is 27.8. The number of hydrogen-bond donors (Lipinski definition) is 0. The molecule has 45 heavy (non-hydrogen) atoms. The Morgan fingerprint density at radius 1 is 0.556 bits per heavy atom. The third-order valence-corrected chi connectivity index (χ3v) is 8.00. The van der Waals surface area contributed by atoms with Gasteiger partial charge in [0.1, 0.15) is 0 Å². The SMILES string of the molecule is C(C=Cc1ccccc1)=Cc1ccccc1.C[Si]OC(C)C.Cc1[cH-]c2ccccc2c1C.Cc1[cH-]c2ccccc2c1C.[Zr+2]. The molecule has 0 saturated carbocycles. The molecule has 0 aliphatic rings. The van der Waals surface area contributed by atoms with Gasteiger partial charge in [-0.25, -0.2) is 0 Å². The van der Waals surface area contributed by atoms with Crippen LogP contribution in [-0.4, -0.2) is 15.9 Å². The minimum atomic E-state index is 0. The summed E-state index contributed by atoms with van der Waals surface area (Å²) in [5, 5.41) is 5.51. The molecule has 0 fully saturated rings. The van der Waals surface area contributed by atoms with Gasteiger partial charge in [-0.1, -0.05) is 125 Å². The van der Waals surface area contributed by atoms with Crippen molar-refractivity contribution in [2.45, 2.75) is 54.2 Å². The monoisotopic (exact) mass is 684 g/mol. The second kappa shape index (κ2) is 20.6. The number of benzene rings is 4. The molecular formula is C42H46OSiZr. The molecule has 0 saturated heterocycles. The van der Waals surface area contributed by atoms with Crippen LogP contribution in [0.5, 0.6) is 0 Å². The van der Waals surface area contributed by atoms with Gasteiger partial charge in [-0.15, -0.1) is 81.2 Å². The smallest absolute Gasteiger partial charge is 0.415 e. The van der Waals surface area contributed by atoms with Gasteiger partial charge in [0.2, 0.25) is 9.76 Å². The van der Waals surface area contributed by atoms with E-state index in [4.69, 9.17) is 4.43 Å². The molecule has 1 nitrogen and oxygen atoms in total. The van der Waals surface area contributed by atoms with Crippen LogP contribution in [0.3, 0.4) is 0 Å². The molecule has 0 aromatic heterocycles. The minimum absolute atomic E-state index is 0. The largest absolute Gasteiger partial charge is 2.00 e. The van der Waals surface area contributed by atoms with Crippen LogP contribution in [0.15, 0.2) is 133 Å². The van der Waals surface area contributed by atoms with E-state index in [-0.39, 0.29) is 26.2 Å². The fourth-order valence-electron chi connectivity index (χ4n) is 4.73. The zero-order valence-corrected chi connectivity index (χ0v) is 31.3. The van der Waals surface area contributed by atoms with Gasteiger partial charge in [0.15, 0.2) is 0 Å². The zero-order chi connectivity index (χ0) is 31.7. The molecule has 0 amide bonds. The topological polar surface area (TPSA) is 9.23 Å². The maximum atomic E-state index is 5.07. The Hall–Kier alpha value is -3.36. The predicted molar refractivity (Wildman–Crippen MR) is 197 cm³/mol. The molecule has 0 aliphatic heterocycles. The first-order chi connectivity index (χ1) is 21.3. The maximum Gasteiger partial charge on any atom is 2.00 e. The third-order valence-electron chi connectivity index (χ3n) is 7.30. The Kier molecular flexibility index (Phi) is 17.3. The number of allylic oxidation sites excluding steroid dienone is 2. The minimum Gasteiger partial charge on any atom is -0.415 e. The van der Waals surface area contributed by atoms with Gasteiger partial charge in [-0.05, 0) is 31.5 Å². The van der Waals surface area contributed by atoms with Crippen molar-refractivity contribution < 1.29 is 30.6 Å². The Morgan fingerprint density at radius 2 is 0.911 bits per heavy atom. The van der Waals surface area contributed by atoms with Crippen LogP contribution in [0.25, 0.3) is 33.7 Å². The standard InChI is InChI=1S/C16H14.2C11H11.C4H10OSi.Zr/c1-3-9-15(10-4-1)13-7-8-14-16-11-5-2-6-12-16;2*1-8-7-10-5-3-4-6-11(10)9(8)2;1-4(2)5-6-3;/h1-14H;2*3-7H,1-2H3;4H,1-3H3;/q;2*-1;;+2. The summed E-state index contributed by atoms with van der Waals surface area (Å²) in [6.45, 7) is 14.8. The van der Waals surface area contributed by atoms with E-state index in [1.54, 1.807) is 0 Å². The molecule has 6 aromatic rings. The van der Waals surface area contributed by atoms with Gasteiger partial charge in [-0.2, -0.15) is 11.1 Å². The first kappa shape index (κ1) is 37.8. The fraction of sp³-hybridized carbons (Fsp3) is 0.190. The van der Waals surface area contributed by atoms with Gasteiger partial charge < -0.3 is 4.43 Å². The van der Waals surface area contributed by atoms with Crippen molar-refractivity contribution in [3.63, 3.8) is 0 Å². The van der Waals surface area contributed by atoms with Crippen LogP contribution in [0, 0.1) is 27.7 Å². The molecule has 0 bridgehead atoms. The fourth-order valence-corrected chi connectivity index (χ4v) is 5.21. The van der Waals surface area contributed by atoms with E-state index in [1.807, 2.05) is 56.8 Å². The molecule has 3 heteroatoms. The quantitative estimate of drug-likeness (QED) is 0.0997. The Morgan fingerprint density at radius 3 is 1.22 bits per heavy atom. The number of rotatable bonds is 5. The molecule has 0 atom stereocenters. The van der Waals surface area contributed by atoms with Crippen LogP contribution in [0.4, 0.5) is 0 Å². The number of aryl methyl sites for hydroxylation is 4. The Balaban J connectivity index is 0.000000218. The summed E-state index contributed by atoms with van der Waals surface area (Å²) in [5.41, 5.74) is 8.07. The van der Waals surface area contributed by atoms with Crippen molar-refractivity contribution in [2.75, 3.05) is 0 Å². The van der Waals surface area contributed by atoms with E-state index in [0.717, 1.165) is 0 Å². The van der Waals surface area contributed by atoms with E-state index in [1.165, 1.54) is 54.9 Å². The molecule has 0 unspecified atom stereocenters. The van der Waals surface area contributed by atoms with Gasteiger partial charge in [0.05, 0.1) is 0 Å². The van der Waals surface area contributed by atoms with Crippen LogP contribution in [0.2, 0.25) is 6.55 Å². The molecule has 0 aliphatic carbocycles. The molecule has 228 valence electrons. The first-order valence-corrected chi connectivity index (χ1v) is 16.7. The Labute approximate surface area is 293 Å². The molecule has 6 aromatic carbocycles. The molecule has 0 N–H and O–H groups in total. The van der Waals surface area contributed by atoms with Gasteiger partial charge in [0.25, 0.3) is 0 Å². The summed E-state index contributed by atoms with van der Waals surface area (Å²) >= 11 is 0. The van der Waals surface area contributed by atoms with Gasteiger partial charge in [0, 0.05) is 6.10 Å². The van der Waals surface area contributed by atoms with E-state index in [0.29, 0.717) is 15.9 Å². The van der Waals surface area contributed by atoms with Crippen LogP contribution in [0.1, 0.15) is 47.2 Å². The van der Waals surface area contributed by atoms with Crippen molar-refractivity contribution in [3.05, 3.63) is 167 Å². The van der Waals surface area contributed by atoms with E-state index < -0.39 is 0 Å². The summed E-state index contributed by atoms with van der Waals surface area (Å²) in [6, 6.07) is 42.1. The summed E-state index contributed by atoms with van der Waals surface area (Å²) in [7, 11) is 0.638. The molecule has 0 heterocycles. The second-order valence-electron chi connectivity index (χ2n) is 11.0. The summed E-state index contributed by atoms with van der Waals surface area (Å²) < 4.78 is 5.07. The van der Waals surface area contributed by atoms with Crippen LogP contribution < -0.4 is 0 Å². The van der Waals surface area contributed by atoms with Crippen molar-refractivity contribution >= 4 is 43.5 Å². The van der Waals surface area contributed by atoms with E-state index in [2.05, 4.69) is 137 Å². The van der Waals surface area contributed by atoms with E-state index in [9.17, 15) is 0 Å². The van der Waals surface area contributed by atoms with Crippen LogP contribution in [-0.2, 0) is 30.6 Å². The summed E-state index contributed by atoms with van der Waals surface area (Å²) in [6.07, 6.45) is 8.72. The average molecular weight is 686 g/mol. The van der Waals surface area contributed by atoms with Crippen molar-refractivity contribution in [3.8, 4) is 0 Å². The first-order valence-electron chi connectivity index (χ1n) is 15.3. The number of hydrogen-bond acceptors (Lipinski definition) is 1. The molecule has 6 rings (SSSR count). The van der Waals surface area contributed by atoms with Gasteiger partial charge in [-0.3, -0.25) is 0 Å². The van der Waals surface area contributed by atoms with Crippen LogP contribution >= 0.6 is 0 Å². The molecular weight excluding hydrogens is 640 g/mol.